The molecule has 0 saturated carbocycles. The third-order valence-electron chi connectivity index (χ3n) is 4.23. The predicted molar refractivity (Wildman–Crippen MR) is 90.3 cm³/mol. The monoisotopic (exact) mass is 300 g/mol. The summed E-state index contributed by atoms with van der Waals surface area (Å²) >= 11 is 0. The molecule has 1 saturated heterocycles. The van der Waals surface area contributed by atoms with E-state index in [1.807, 2.05) is 0 Å². The normalized spacial score (nSPS) is 20.1. The van der Waals surface area contributed by atoms with Crippen LogP contribution in [0.2, 0.25) is 0 Å². The van der Waals surface area contributed by atoms with Crippen LogP contribution in [0.15, 0.2) is 0 Å². The first-order valence-electron chi connectivity index (χ1n) is 8.57. The molecule has 0 spiro atoms. The van der Waals surface area contributed by atoms with E-state index < -0.39 is 0 Å². The van der Waals surface area contributed by atoms with Crippen LogP contribution in [0.3, 0.4) is 0 Å². The third-order valence-corrected chi connectivity index (χ3v) is 4.23. The van der Waals surface area contributed by atoms with Gasteiger partial charge in [-0.15, -0.1) is 0 Å². The summed E-state index contributed by atoms with van der Waals surface area (Å²) < 4.78 is 0. The summed E-state index contributed by atoms with van der Waals surface area (Å²) in [4.78, 5) is 7.68. The van der Waals surface area contributed by atoms with Gasteiger partial charge in [0, 0.05) is 39.3 Å². The molecule has 0 aromatic heterocycles. The second-order valence-electron chi connectivity index (χ2n) is 5.95. The highest BCUT2D eigenvalue weighted by Gasteiger charge is 2.15. The molecule has 6 nitrogen and oxygen atoms in total. The molecule has 1 aliphatic rings. The van der Waals surface area contributed by atoms with E-state index >= 15 is 0 Å². The van der Waals surface area contributed by atoms with E-state index in [-0.39, 0.29) is 0 Å². The van der Waals surface area contributed by atoms with Crippen LogP contribution in [-0.4, -0.2) is 93.2 Å². The largest absolute Gasteiger partial charge is 0.330 e. The molecular formula is C15H36N6. The van der Waals surface area contributed by atoms with Gasteiger partial charge in [-0.1, -0.05) is 0 Å². The van der Waals surface area contributed by atoms with Crippen LogP contribution in [0.1, 0.15) is 19.3 Å². The second kappa shape index (κ2) is 12.3. The molecule has 1 heterocycles. The van der Waals surface area contributed by atoms with Crippen molar-refractivity contribution in [2.45, 2.75) is 19.3 Å². The van der Waals surface area contributed by atoms with Gasteiger partial charge in [-0.05, 0) is 58.5 Å². The standard InChI is InChI=1S/C15H36N6/c16-4-1-7-19-10-12-20(8-2-5-17)14-15-21(13-11-19)9-3-6-18/h1-18H2. The lowest BCUT2D eigenvalue weighted by Gasteiger charge is -2.25. The van der Waals surface area contributed by atoms with Gasteiger partial charge >= 0.3 is 0 Å². The lowest BCUT2D eigenvalue weighted by molar-refractivity contribution is 0.218. The zero-order valence-electron chi connectivity index (χ0n) is 13.7. The van der Waals surface area contributed by atoms with Crippen LogP contribution in [0.4, 0.5) is 0 Å². The van der Waals surface area contributed by atoms with E-state index in [0.717, 1.165) is 97.8 Å². The molecule has 0 aliphatic carbocycles. The molecular weight excluding hydrogens is 264 g/mol. The number of nitrogens with two attached hydrogens (primary N) is 3. The molecule has 21 heavy (non-hydrogen) atoms. The lowest BCUT2D eigenvalue weighted by Crippen LogP contribution is -2.37. The maximum atomic E-state index is 5.66. The van der Waals surface area contributed by atoms with Crippen molar-refractivity contribution < 1.29 is 0 Å². The van der Waals surface area contributed by atoms with Crippen LogP contribution in [0.5, 0.6) is 0 Å². The van der Waals surface area contributed by atoms with Crippen molar-refractivity contribution in [1.29, 1.82) is 0 Å². The van der Waals surface area contributed by atoms with Gasteiger partial charge in [0.05, 0.1) is 0 Å². The van der Waals surface area contributed by atoms with Crippen molar-refractivity contribution >= 4 is 0 Å². The molecule has 6 heteroatoms. The highest BCUT2D eigenvalue weighted by Crippen LogP contribution is 2.02. The van der Waals surface area contributed by atoms with Crippen molar-refractivity contribution in [3.05, 3.63) is 0 Å². The smallest absolute Gasteiger partial charge is 0.0110 e. The summed E-state index contributed by atoms with van der Waals surface area (Å²) in [5, 5.41) is 0. The fourth-order valence-corrected chi connectivity index (χ4v) is 2.80. The van der Waals surface area contributed by atoms with Gasteiger partial charge in [0.1, 0.15) is 0 Å². The highest BCUT2D eigenvalue weighted by molar-refractivity contribution is 4.72. The van der Waals surface area contributed by atoms with Crippen LogP contribution >= 0.6 is 0 Å². The van der Waals surface area contributed by atoms with Crippen molar-refractivity contribution in [3.8, 4) is 0 Å². The van der Waals surface area contributed by atoms with Crippen LogP contribution < -0.4 is 17.2 Å². The third kappa shape index (κ3) is 8.70. The van der Waals surface area contributed by atoms with Gasteiger partial charge < -0.3 is 31.9 Å². The van der Waals surface area contributed by atoms with E-state index in [4.69, 9.17) is 17.2 Å². The van der Waals surface area contributed by atoms with Crippen molar-refractivity contribution in [3.63, 3.8) is 0 Å². The Kier molecular flexibility index (Phi) is 11.0. The second-order valence-corrected chi connectivity index (χ2v) is 5.95. The first kappa shape index (κ1) is 18.8. The predicted octanol–water partition coefficient (Wildman–Crippen LogP) is -1.05. The van der Waals surface area contributed by atoms with Crippen LogP contribution in [-0.2, 0) is 0 Å². The first-order valence-corrected chi connectivity index (χ1v) is 8.57. The fourth-order valence-electron chi connectivity index (χ4n) is 2.80. The molecule has 0 unspecified atom stereocenters. The van der Waals surface area contributed by atoms with Crippen LogP contribution in [0.25, 0.3) is 0 Å². The molecule has 6 N–H and O–H groups in total. The molecule has 0 aromatic carbocycles. The van der Waals surface area contributed by atoms with Gasteiger partial charge in [-0.25, -0.2) is 0 Å². The average Bonchev–Trinajstić information content (AvgIpc) is 2.60. The minimum absolute atomic E-state index is 0.782. The van der Waals surface area contributed by atoms with Crippen molar-refractivity contribution in [1.82, 2.24) is 14.7 Å². The minimum Gasteiger partial charge on any atom is -0.330 e. The summed E-state index contributed by atoms with van der Waals surface area (Å²) in [5.74, 6) is 0. The van der Waals surface area contributed by atoms with Crippen molar-refractivity contribution in [2.24, 2.45) is 17.2 Å². The lowest BCUT2D eigenvalue weighted by atomic mass is 10.3. The Labute approximate surface area is 130 Å². The van der Waals surface area contributed by atoms with E-state index in [9.17, 15) is 0 Å². The Morgan fingerprint density at radius 2 is 0.714 bits per heavy atom. The minimum atomic E-state index is 0.782. The SMILES string of the molecule is NCCCN1CCN(CCCN)CCN(CCCN)CC1. The average molecular weight is 300 g/mol. The molecule has 0 radical (unpaired) electrons. The Morgan fingerprint density at radius 3 is 0.905 bits per heavy atom. The topological polar surface area (TPSA) is 87.8 Å². The van der Waals surface area contributed by atoms with Gasteiger partial charge in [0.25, 0.3) is 0 Å². The van der Waals surface area contributed by atoms with Crippen molar-refractivity contribution in [2.75, 3.05) is 78.5 Å². The van der Waals surface area contributed by atoms with Crippen LogP contribution in [0, 0.1) is 0 Å². The molecule has 0 amide bonds. The zero-order valence-corrected chi connectivity index (χ0v) is 13.7. The summed E-state index contributed by atoms with van der Waals surface area (Å²) in [7, 11) is 0. The van der Waals surface area contributed by atoms with Gasteiger partial charge in [0.2, 0.25) is 0 Å². The Hall–Kier alpha value is -0.240. The molecule has 126 valence electrons. The zero-order chi connectivity index (χ0) is 15.3. The quantitative estimate of drug-likeness (QED) is 0.504. The van der Waals surface area contributed by atoms with E-state index in [2.05, 4.69) is 14.7 Å². The molecule has 0 aromatic rings. The summed E-state index contributed by atoms with van der Waals surface area (Å²) in [6.45, 7) is 12.6. The Bertz CT molecular complexity index is 188. The van der Waals surface area contributed by atoms with E-state index in [0.29, 0.717) is 0 Å². The number of nitrogens with zero attached hydrogens (tertiary/aromatic N) is 3. The Morgan fingerprint density at radius 1 is 0.476 bits per heavy atom. The maximum Gasteiger partial charge on any atom is 0.0110 e. The summed E-state index contributed by atoms with van der Waals surface area (Å²) in [5.41, 5.74) is 17.0. The highest BCUT2D eigenvalue weighted by atomic mass is 15.3. The van der Waals surface area contributed by atoms with Gasteiger partial charge in [-0.3, -0.25) is 0 Å². The fraction of sp³-hybridized carbons (Fsp3) is 1.00. The summed E-state index contributed by atoms with van der Waals surface area (Å²) in [6.07, 6.45) is 3.27. The first-order chi connectivity index (χ1) is 10.3. The summed E-state index contributed by atoms with van der Waals surface area (Å²) in [6, 6.07) is 0. The van der Waals surface area contributed by atoms with E-state index in [1.165, 1.54) is 0 Å². The molecule has 0 bridgehead atoms. The molecule has 1 fully saturated rings. The molecule has 0 atom stereocenters. The number of hydrogen-bond donors (Lipinski definition) is 3. The van der Waals surface area contributed by atoms with E-state index in [1.54, 1.807) is 0 Å². The molecule has 1 aliphatic heterocycles. The maximum absolute atomic E-state index is 5.66. The number of rotatable bonds is 9. The Balaban J connectivity index is 2.49. The number of hydrogen-bond acceptors (Lipinski definition) is 6. The van der Waals surface area contributed by atoms with Gasteiger partial charge in [0.15, 0.2) is 0 Å². The molecule has 1 rings (SSSR count). The van der Waals surface area contributed by atoms with Gasteiger partial charge in [-0.2, -0.15) is 0 Å².